The summed E-state index contributed by atoms with van der Waals surface area (Å²) >= 11 is 6.30. The molecule has 4 nitrogen and oxygen atoms in total. The van der Waals surface area contributed by atoms with E-state index in [4.69, 9.17) is 26.9 Å². The normalized spacial score (nSPS) is 10.2. The summed E-state index contributed by atoms with van der Waals surface area (Å²) in [5, 5.41) is 32.5. The zero-order valence-corrected chi connectivity index (χ0v) is 14.6. The molecule has 2 rings (SSSR count). The molecule has 4 N–H and O–H groups in total. The van der Waals surface area contributed by atoms with E-state index in [9.17, 15) is 0 Å². The standard InChI is InChI=1S/C18H20ClNO3S/c19-18-11-17(6-3-15(18)8-10-24(12-22)13-23)20-16-4-1-14(2-5-16)7-9-21/h1-6,10-13,20-23H,7-9H2. The number of rotatable bonds is 6. The van der Waals surface area contributed by atoms with E-state index in [-0.39, 0.29) is 6.61 Å². The molecule has 0 saturated carbocycles. The summed E-state index contributed by atoms with van der Waals surface area (Å²) in [5.74, 6) is 0. The zero-order chi connectivity index (χ0) is 17.4. The highest BCUT2D eigenvalue weighted by molar-refractivity contribution is 8.10. The predicted octanol–water partition coefficient (Wildman–Crippen LogP) is 3.87. The SMILES string of the molecule is OC=S(=CO)=CCc1ccc(Nc2ccc(CCO)cc2)cc1Cl. The van der Waals surface area contributed by atoms with Gasteiger partial charge in [0.05, 0.1) is 11.1 Å². The highest BCUT2D eigenvalue weighted by Gasteiger charge is 2.02. The number of aliphatic hydroxyl groups is 3. The highest BCUT2D eigenvalue weighted by atomic mass is 35.5. The Morgan fingerprint density at radius 2 is 1.67 bits per heavy atom. The van der Waals surface area contributed by atoms with Crippen LogP contribution >= 0.6 is 21.3 Å². The van der Waals surface area contributed by atoms with Crippen molar-refractivity contribution in [3.05, 3.63) is 58.6 Å². The zero-order valence-electron chi connectivity index (χ0n) is 13.0. The molecule has 0 amide bonds. The molecule has 6 heteroatoms. The summed E-state index contributed by atoms with van der Waals surface area (Å²) in [7, 11) is -0.744. The van der Waals surface area contributed by atoms with Gasteiger partial charge in [-0.2, -0.15) is 9.66 Å². The second kappa shape index (κ2) is 9.52. The molecule has 0 aliphatic carbocycles. The first-order valence-corrected chi connectivity index (χ1v) is 9.20. The molecule has 0 unspecified atom stereocenters. The molecular formula is C18H20ClNO3S. The first kappa shape index (κ1) is 18.6. The summed E-state index contributed by atoms with van der Waals surface area (Å²) < 4.78 is 0. The molecule has 0 heterocycles. The quantitative estimate of drug-likeness (QED) is 0.586. The van der Waals surface area contributed by atoms with Crippen molar-refractivity contribution in [1.82, 2.24) is 0 Å². The van der Waals surface area contributed by atoms with Crippen LogP contribution in [0.4, 0.5) is 11.4 Å². The molecule has 0 aromatic heterocycles. The van der Waals surface area contributed by atoms with E-state index in [1.807, 2.05) is 42.5 Å². The first-order chi connectivity index (χ1) is 11.7. The lowest BCUT2D eigenvalue weighted by atomic mass is 10.1. The van der Waals surface area contributed by atoms with Crippen molar-refractivity contribution in [3.63, 3.8) is 0 Å². The van der Waals surface area contributed by atoms with Gasteiger partial charge in [-0.15, -0.1) is 0 Å². The third kappa shape index (κ3) is 5.40. The van der Waals surface area contributed by atoms with Crippen LogP contribution in [0.5, 0.6) is 0 Å². The second-order valence-electron chi connectivity index (χ2n) is 5.09. The number of halogens is 1. The number of anilines is 2. The summed E-state index contributed by atoms with van der Waals surface area (Å²) in [6.45, 7) is 0.143. The molecule has 0 radical (unpaired) electrons. The van der Waals surface area contributed by atoms with Crippen LogP contribution in [0, 0.1) is 0 Å². The summed E-state index contributed by atoms with van der Waals surface area (Å²) in [5.41, 5.74) is 5.72. The lowest BCUT2D eigenvalue weighted by Gasteiger charge is -2.09. The number of nitrogens with one attached hydrogen (secondary N) is 1. The number of hydrogen-bond acceptors (Lipinski definition) is 2. The van der Waals surface area contributed by atoms with Crippen LogP contribution in [0.15, 0.2) is 42.5 Å². The lowest BCUT2D eigenvalue weighted by molar-refractivity contribution is 0.299. The van der Waals surface area contributed by atoms with Gasteiger partial charge in [-0.3, -0.25) is 0 Å². The van der Waals surface area contributed by atoms with Crippen molar-refractivity contribution in [2.75, 3.05) is 11.9 Å². The van der Waals surface area contributed by atoms with Crippen molar-refractivity contribution >= 4 is 49.1 Å². The van der Waals surface area contributed by atoms with Crippen molar-refractivity contribution in [2.24, 2.45) is 0 Å². The van der Waals surface area contributed by atoms with Gasteiger partial charge in [-0.05, 0) is 47.2 Å². The molecule has 0 aliphatic heterocycles. The third-order valence-electron chi connectivity index (χ3n) is 3.44. The number of hydrogen-bond donors (Lipinski definition) is 4. The van der Waals surface area contributed by atoms with E-state index in [0.29, 0.717) is 17.9 Å². The van der Waals surface area contributed by atoms with Crippen LogP contribution in [0.3, 0.4) is 0 Å². The summed E-state index contributed by atoms with van der Waals surface area (Å²) in [6, 6.07) is 13.6. The Labute approximate surface area is 148 Å². The molecule has 24 heavy (non-hydrogen) atoms. The molecule has 2 aromatic rings. The predicted molar refractivity (Wildman–Crippen MR) is 107 cm³/mol. The maximum absolute atomic E-state index is 8.94. The van der Waals surface area contributed by atoms with Crippen LogP contribution in [-0.4, -0.2) is 38.4 Å². The number of aliphatic hydroxyl groups excluding tert-OH is 3. The Bertz CT molecular complexity index is 816. The highest BCUT2D eigenvalue weighted by Crippen LogP contribution is 2.24. The minimum atomic E-state index is -0.744. The van der Waals surface area contributed by atoms with Gasteiger partial charge in [-0.1, -0.05) is 29.8 Å². The Morgan fingerprint density at radius 1 is 1.00 bits per heavy atom. The lowest BCUT2D eigenvalue weighted by Crippen LogP contribution is -1.94. The fourth-order valence-corrected chi connectivity index (χ4v) is 3.00. The molecule has 0 bridgehead atoms. The van der Waals surface area contributed by atoms with Gasteiger partial charge in [0.1, 0.15) is 0 Å². The minimum Gasteiger partial charge on any atom is -0.396 e. The van der Waals surface area contributed by atoms with Crippen molar-refractivity contribution in [1.29, 1.82) is 0 Å². The van der Waals surface area contributed by atoms with Gasteiger partial charge < -0.3 is 20.6 Å². The molecule has 2 aromatic carbocycles. The van der Waals surface area contributed by atoms with Crippen molar-refractivity contribution in [2.45, 2.75) is 12.8 Å². The Kier molecular flexibility index (Phi) is 7.36. The smallest absolute Gasteiger partial charge is 0.0806 e. The number of benzene rings is 2. The molecule has 0 spiro atoms. The molecule has 0 aliphatic rings. The largest absolute Gasteiger partial charge is 0.396 e. The Morgan fingerprint density at radius 3 is 2.25 bits per heavy atom. The fourth-order valence-electron chi connectivity index (χ4n) is 2.14. The van der Waals surface area contributed by atoms with E-state index < -0.39 is 9.66 Å². The van der Waals surface area contributed by atoms with Gasteiger partial charge in [0.15, 0.2) is 0 Å². The van der Waals surface area contributed by atoms with Gasteiger partial charge in [0.25, 0.3) is 0 Å². The van der Waals surface area contributed by atoms with Crippen molar-refractivity contribution < 1.29 is 15.3 Å². The average molecular weight is 366 g/mol. The monoisotopic (exact) mass is 365 g/mol. The maximum Gasteiger partial charge on any atom is 0.0806 e. The molecule has 0 atom stereocenters. The van der Waals surface area contributed by atoms with Crippen LogP contribution in [0.25, 0.3) is 0 Å². The van der Waals surface area contributed by atoms with E-state index >= 15 is 0 Å². The molecule has 128 valence electrons. The Hall–Kier alpha value is -1.76. The topological polar surface area (TPSA) is 72.7 Å². The summed E-state index contributed by atoms with van der Waals surface area (Å²) in [6.07, 6.45) is 1.20. The Balaban J connectivity index is 2.10. The van der Waals surface area contributed by atoms with E-state index in [0.717, 1.165) is 33.6 Å². The van der Waals surface area contributed by atoms with Gasteiger partial charge in [0.2, 0.25) is 0 Å². The molecule has 0 fully saturated rings. The fraction of sp³-hybridized carbons (Fsp3) is 0.167. The van der Waals surface area contributed by atoms with E-state index in [2.05, 4.69) is 5.32 Å². The average Bonchev–Trinajstić information content (AvgIpc) is 2.59. The maximum atomic E-state index is 8.94. The first-order valence-electron chi connectivity index (χ1n) is 7.40. The van der Waals surface area contributed by atoms with Crippen molar-refractivity contribution in [3.8, 4) is 0 Å². The third-order valence-corrected chi connectivity index (χ3v) is 4.83. The second-order valence-corrected chi connectivity index (χ2v) is 7.07. The van der Waals surface area contributed by atoms with Gasteiger partial charge in [0, 0.05) is 29.4 Å². The van der Waals surface area contributed by atoms with E-state index in [1.54, 1.807) is 5.37 Å². The van der Waals surface area contributed by atoms with E-state index in [1.165, 1.54) is 0 Å². The summed E-state index contributed by atoms with van der Waals surface area (Å²) in [4.78, 5) is 0. The minimum absolute atomic E-state index is 0.143. The van der Waals surface area contributed by atoms with Gasteiger partial charge >= 0.3 is 0 Å². The van der Waals surface area contributed by atoms with Gasteiger partial charge in [-0.25, -0.2) is 0 Å². The van der Waals surface area contributed by atoms with Crippen LogP contribution in [0.1, 0.15) is 11.1 Å². The van der Waals surface area contributed by atoms with Crippen LogP contribution < -0.4 is 5.32 Å². The molecular weight excluding hydrogens is 346 g/mol. The van der Waals surface area contributed by atoms with Crippen LogP contribution in [0.2, 0.25) is 5.02 Å². The van der Waals surface area contributed by atoms with Crippen LogP contribution in [-0.2, 0) is 12.8 Å². The molecule has 0 saturated heterocycles.